The molecule has 25 heavy (non-hydrogen) atoms. The highest BCUT2D eigenvalue weighted by molar-refractivity contribution is 7.89. The summed E-state index contributed by atoms with van der Waals surface area (Å²) >= 11 is 0. The summed E-state index contributed by atoms with van der Waals surface area (Å²) in [6.07, 6.45) is 4.43. The minimum atomic E-state index is -3.09. The summed E-state index contributed by atoms with van der Waals surface area (Å²) in [5, 5.41) is 6.49. The fourth-order valence-corrected chi connectivity index (χ4v) is 3.40. The zero-order chi connectivity index (χ0) is 18.5. The van der Waals surface area contributed by atoms with Crippen LogP contribution in [0.1, 0.15) is 46.5 Å². The third-order valence-corrected chi connectivity index (χ3v) is 5.87. The number of nitrogens with zero attached hydrogens (tertiary/aromatic N) is 2. The van der Waals surface area contributed by atoms with Gasteiger partial charge < -0.3 is 15.5 Å². The van der Waals surface area contributed by atoms with E-state index in [1.165, 1.54) is 25.9 Å². The van der Waals surface area contributed by atoms with Crippen LogP contribution in [-0.2, 0) is 10.0 Å². The fraction of sp³-hybridized carbons (Fsp3) is 0.941. The second-order valence-electron chi connectivity index (χ2n) is 6.72. The first-order valence-corrected chi connectivity index (χ1v) is 11.3. The Bertz CT molecular complexity index is 473. The Hall–Kier alpha value is -0.860. The van der Waals surface area contributed by atoms with Crippen LogP contribution in [0.3, 0.4) is 0 Å². The monoisotopic (exact) mass is 375 g/mol. The Labute approximate surface area is 154 Å². The number of guanidine groups is 1. The van der Waals surface area contributed by atoms with Crippen molar-refractivity contribution in [3.63, 3.8) is 0 Å². The van der Waals surface area contributed by atoms with Gasteiger partial charge in [-0.3, -0.25) is 4.99 Å². The molecule has 1 aliphatic heterocycles. The maximum absolute atomic E-state index is 11.4. The topological polar surface area (TPSA) is 85.8 Å². The zero-order valence-corrected chi connectivity index (χ0v) is 17.0. The summed E-state index contributed by atoms with van der Waals surface area (Å²) in [6.45, 7) is 12.4. The highest BCUT2D eigenvalue weighted by Gasteiger charge is 2.14. The average Bonchev–Trinajstić information content (AvgIpc) is 2.59. The number of aliphatic imine (C=N–C) groups is 1. The van der Waals surface area contributed by atoms with Gasteiger partial charge in [0.25, 0.3) is 0 Å². The molecule has 1 heterocycles. The van der Waals surface area contributed by atoms with E-state index in [4.69, 9.17) is 0 Å². The molecule has 0 spiro atoms. The molecule has 0 amide bonds. The van der Waals surface area contributed by atoms with E-state index in [1.54, 1.807) is 6.92 Å². The SMILES string of the molecule is CCNC(=NCCCN1CCC(C)CC1)NCCCNS(=O)(=O)CC. The van der Waals surface area contributed by atoms with E-state index in [9.17, 15) is 8.42 Å². The minimum Gasteiger partial charge on any atom is -0.357 e. The van der Waals surface area contributed by atoms with Crippen LogP contribution in [0.15, 0.2) is 4.99 Å². The maximum atomic E-state index is 11.4. The first-order chi connectivity index (χ1) is 12.0. The lowest BCUT2D eigenvalue weighted by molar-refractivity contribution is 0.192. The Morgan fingerprint density at radius 2 is 1.84 bits per heavy atom. The van der Waals surface area contributed by atoms with Crippen LogP contribution in [0.2, 0.25) is 0 Å². The Kier molecular flexibility index (Phi) is 11.1. The standard InChI is InChI=1S/C17H37N5O2S/c1-4-18-17(19-10-6-12-21-25(23,24)5-2)20-11-7-13-22-14-8-16(3)9-15-22/h16,21H,4-15H2,1-3H3,(H2,18,19,20). The van der Waals surface area contributed by atoms with E-state index in [-0.39, 0.29) is 5.75 Å². The molecule has 0 aromatic heterocycles. The highest BCUT2D eigenvalue weighted by atomic mass is 32.2. The van der Waals surface area contributed by atoms with Crippen LogP contribution in [0.5, 0.6) is 0 Å². The van der Waals surface area contributed by atoms with Crippen LogP contribution < -0.4 is 15.4 Å². The van der Waals surface area contributed by atoms with Crippen molar-refractivity contribution in [3.8, 4) is 0 Å². The fourth-order valence-electron chi connectivity index (χ4n) is 2.74. The van der Waals surface area contributed by atoms with Crippen LogP contribution in [0, 0.1) is 5.92 Å². The van der Waals surface area contributed by atoms with Gasteiger partial charge in [-0.15, -0.1) is 0 Å². The molecule has 148 valence electrons. The minimum absolute atomic E-state index is 0.125. The van der Waals surface area contributed by atoms with Gasteiger partial charge in [0.05, 0.1) is 5.75 Å². The van der Waals surface area contributed by atoms with E-state index >= 15 is 0 Å². The van der Waals surface area contributed by atoms with Crippen LogP contribution in [0.4, 0.5) is 0 Å². The smallest absolute Gasteiger partial charge is 0.211 e. The van der Waals surface area contributed by atoms with Gasteiger partial charge in [-0.2, -0.15) is 0 Å². The lowest BCUT2D eigenvalue weighted by Gasteiger charge is -2.29. The van der Waals surface area contributed by atoms with Gasteiger partial charge in [-0.25, -0.2) is 13.1 Å². The van der Waals surface area contributed by atoms with Gasteiger partial charge in [0, 0.05) is 26.2 Å². The third-order valence-electron chi connectivity index (χ3n) is 4.47. The lowest BCUT2D eigenvalue weighted by Crippen LogP contribution is -2.39. The lowest BCUT2D eigenvalue weighted by atomic mass is 9.99. The Balaban J connectivity index is 2.18. The molecule has 0 unspecified atom stereocenters. The second-order valence-corrected chi connectivity index (χ2v) is 8.81. The molecule has 8 heteroatoms. The Morgan fingerprint density at radius 3 is 2.48 bits per heavy atom. The molecule has 0 atom stereocenters. The van der Waals surface area contributed by atoms with Gasteiger partial charge in [0.15, 0.2) is 5.96 Å². The molecule has 7 nitrogen and oxygen atoms in total. The second kappa shape index (κ2) is 12.5. The molecule has 0 aliphatic carbocycles. The summed E-state index contributed by atoms with van der Waals surface area (Å²) in [5.74, 6) is 1.81. The summed E-state index contributed by atoms with van der Waals surface area (Å²) < 4.78 is 25.3. The van der Waals surface area contributed by atoms with Crippen molar-refractivity contribution < 1.29 is 8.42 Å². The van der Waals surface area contributed by atoms with Crippen molar-refractivity contribution in [1.82, 2.24) is 20.3 Å². The molecule has 1 saturated heterocycles. The van der Waals surface area contributed by atoms with Crippen LogP contribution in [-0.4, -0.2) is 70.8 Å². The number of likely N-dealkylation sites (tertiary alicyclic amines) is 1. The van der Waals surface area contributed by atoms with E-state index in [0.717, 1.165) is 44.4 Å². The summed E-state index contributed by atoms with van der Waals surface area (Å²) in [4.78, 5) is 7.14. The van der Waals surface area contributed by atoms with Gasteiger partial charge in [-0.1, -0.05) is 6.92 Å². The van der Waals surface area contributed by atoms with E-state index in [0.29, 0.717) is 13.1 Å². The first kappa shape index (κ1) is 22.2. The normalized spacial score (nSPS) is 17.6. The summed E-state index contributed by atoms with van der Waals surface area (Å²) in [5.41, 5.74) is 0. The van der Waals surface area contributed by atoms with Gasteiger partial charge in [0.2, 0.25) is 10.0 Å². The zero-order valence-electron chi connectivity index (χ0n) is 16.2. The summed E-state index contributed by atoms with van der Waals surface area (Å²) in [7, 11) is -3.09. The van der Waals surface area contributed by atoms with Crippen molar-refractivity contribution in [2.45, 2.75) is 46.5 Å². The predicted octanol–water partition coefficient (Wildman–Crippen LogP) is 0.993. The van der Waals surface area contributed by atoms with Gasteiger partial charge in [0.1, 0.15) is 0 Å². The first-order valence-electron chi connectivity index (χ1n) is 9.68. The molecule has 0 bridgehead atoms. The highest BCUT2D eigenvalue weighted by Crippen LogP contribution is 2.15. The van der Waals surface area contributed by atoms with Crippen molar-refractivity contribution in [2.75, 3.05) is 51.6 Å². The number of sulfonamides is 1. The van der Waals surface area contributed by atoms with Gasteiger partial charge in [-0.05, 0) is 65.1 Å². The van der Waals surface area contributed by atoms with Crippen molar-refractivity contribution in [1.29, 1.82) is 0 Å². The van der Waals surface area contributed by atoms with Crippen LogP contribution in [0.25, 0.3) is 0 Å². The average molecular weight is 376 g/mol. The van der Waals surface area contributed by atoms with Crippen molar-refractivity contribution >= 4 is 16.0 Å². The number of hydrogen-bond donors (Lipinski definition) is 3. The molecule has 0 radical (unpaired) electrons. The number of hydrogen-bond acceptors (Lipinski definition) is 4. The molecule has 0 saturated carbocycles. The summed E-state index contributed by atoms with van der Waals surface area (Å²) in [6, 6.07) is 0. The molecule has 3 N–H and O–H groups in total. The van der Waals surface area contributed by atoms with E-state index < -0.39 is 10.0 Å². The van der Waals surface area contributed by atoms with Crippen LogP contribution >= 0.6 is 0 Å². The third kappa shape index (κ3) is 10.7. The quantitative estimate of drug-likeness (QED) is 0.285. The Morgan fingerprint density at radius 1 is 1.12 bits per heavy atom. The number of nitrogens with one attached hydrogen (secondary N) is 3. The van der Waals surface area contributed by atoms with Crippen molar-refractivity contribution in [3.05, 3.63) is 0 Å². The van der Waals surface area contributed by atoms with Gasteiger partial charge >= 0.3 is 0 Å². The number of piperidine rings is 1. The number of rotatable bonds is 11. The van der Waals surface area contributed by atoms with Crippen molar-refractivity contribution in [2.24, 2.45) is 10.9 Å². The molecule has 1 fully saturated rings. The molecule has 1 rings (SSSR count). The van der Waals surface area contributed by atoms with E-state index in [1.807, 2.05) is 6.92 Å². The predicted molar refractivity (Wildman–Crippen MR) is 106 cm³/mol. The van der Waals surface area contributed by atoms with E-state index in [2.05, 4.69) is 32.2 Å². The molecule has 0 aromatic carbocycles. The largest absolute Gasteiger partial charge is 0.357 e. The molecule has 1 aliphatic rings. The molecular formula is C17H37N5O2S. The maximum Gasteiger partial charge on any atom is 0.211 e. The molecule has 0 aromatic rings. The molecular weight excluding hydrogens is 338 g/mol.